The van der Waals surface area contributed by atoms with E-state index in [1.807, 2.05) is 0 Å². The Morgan fingerprint density at radius 2 is 1.29 bits per heavy atom. The zero-order chi connectivity index (χ0) is 24.1. The fourth-order valence-corrected chi connectivity index (χ4v) is 62.7. The van der Waals surface area contributed by atoms with Gasteiger partial charge in [0.1, 0.15) is 12.0 Å². The topological polar surface area (TPSA) is 69.7 Å². The van der Waals surface area contributed by atoms with Gasteiger partial charge in [0, 0.05) is 0 Å². The number of hydrogen-bond donors (Lipinski definition) is 0. The monoisotopic (exact) mass is 524 g/mol. The predicted molar refractivity (Wildman–Crippen MR) is 143 cm³/mol. The Balaban J connectivity index is 3.29. The molecule has 1 saturated carbocycles. The maximum atomic E-state index is 13.9. The fourth-order valence-electron chi connectivity index (χ4n) is 5.31. The molecule has 5 nitrogen and oxygen atoms in total. The van der Waals surface area contributed by atoms with E-state index < -0.39 is 40.4 Å². The van der Waals surface area contributed by atoms with Crippen molar-refractivity contribution in [2.75, 3.05) is 11.3 Å². The summed E-state index contributed by atoms with van der Waals surface area (Å²) in [5, 5.41) is 0.0125. The molecule has 0 atom stereocenters. The van der Waals surface area contributed by atoms with Crippen molar-refractivity contribution >= 4 is 46.0 Å². The summed E-state index contributed by atoms with van der Waals surface area (Å²) in [5.41, 5.74) is -0.105. The van der Waals surface area contributed by atoms with Crippen LogP contribution in [0.5, 0.6) is 0 Å². The van der Waals surface area contributed by atoms with Crippen molar-refractivity contribution in [3.63, 3.8) is 0 Å². The SMILES string of the molecule is CC[Si](CC)(CC)OCS(=O)(=O)C[Si](C(=O)OC1CCCCC1)([Si](C)(C)C)[Si](C)(C)C. The van der Waals surface area contributed by atoms with Crippen LogP contribution < -0.4 is 0 Å². The molecule has 0 radical (unpaired) electrons. The van der Waals surface area contributed by atoms with Gasteiger partial charge in [-0.1, -0.05) is 66.5 Å². The van der Waals surface area contributed by atoms with Gasteiger partial charge in [-0.05, 0) is 43.8 Å². The van der Waals surface area contributed by atoms with Crippen molar-refractivity contribution in [2.45, 2.75) is 116 Å². The quantitative estimate of drug-likeness (QED) is 0.282. The first kappa shape index (κ1) is 29.3. The van der Waals surface area contributed by atoms with Crippen molar-refractivity contribution in [2.24, 2.45) is 0 Å². The lowest BCUT2D eigenvalue weighted by Crippen LogP contribution is -2.80. The third-order valence-corrected chi connectivity index (χ3v) is 55.1. The number of carbonyl (C=O) groups is 1. The molecule has 0 bridgehead atoms. The highest BCUT2D eigenvalue weighted by Gasteiger charge is 2.64. The lowest BCUT2D eigenvalue weighted by atomic mass is 9.98. The second kappa shape index (κ2) is 11.1. The first-order valence-corrected chi connectivity index (χ1v) is 27.7. The number of carbonyl (C=O) groups excluding carboxylic acids is 1. The first-order valence-electron chi connectivity index (χ1n) is 12.1. The Morgan fingerprint density at radius 3 is 1.68 bits per heavy atom. The smallest absolute Gasteiger partial charge is 0.267 e. The summed E-state index contributed by atoms with van der Waals surface area (Å²) in [4.78, 5) is 13.9. The molecule has 0 amide bonds. The van der Waals surface area contributed by atoms with E-state index in [0.29, 0.717) is 0 Å². The Morgan fingerprint density at radius 1 is 0.839 bits per heavy atom. The average molecular weight is 525 g/mol. The van der Waals surface area contributed by atoms with Gasteiger partial charge in [-0.2, -0.15) is 0 Å². The van der Waals surface area contributed by atoms with Gasteiger partial charge in [0.25, 0.3) is 5.59 Å². The maximum Gasteiger partial charge on any atom is 0.267 e. The summed E-state index contributed by atoms with van der Waals surface area (Å²) in [6.07, 6.45) is 5.19. The van der Waals surface area contributed by atoms with Crippen molar-refractivity contribution in [3.8, 4) is 0 Å². The first-order chi connectivity index (χ1) is 14.1. The van der Waals surface area contributed by atoms with Gasteiger partial charge in [-0.15, -0.1) is 0 Å². The molecule has 0 N–H and O–H groups in total. The molecule has 0 aromatic rings. The van der Waals surface area contributed by atoms with Gasteiger partial charge in [0.05, 0.1) is 20.6 Å². The fraction of sp³-hybridized carbons (Fsp3) is 0.952. The molecule has 10 heteroatoms. The molecule has 184 valence electrons. The van der Waals surface area contributed by atoms with E-state index in [1.54, 1.807) is 0 Å². The van der Waals surface area contributed by atoms with Crippen LogP contribution in [0.15, 0.2) is 0 Å². The molecule has 0 aromatic heterocycles. The van der Waals surface area contributed by atoms with Crippen molar-refractivity contribution < 1.29 is 22.4 Å². The molecule has 0 aliphatic heterocycles. The summed E-state index contributed by atoms with van der Waals surface area (Å²) >= 11 is 0. The van der Waals surface area contributed by atoms with E-state index in [0.717, 1.165) is 43.8 Å². The second-order valence-corrected chi connectivity index (χ2v) is 46.0. The molecular weight excluding hydrogens is 477 g/mol. The highest BCUT2D eigenvalue weighted by atomic mass is 32.2. The van der Waals surface area contributed by atoms with E-state index >= 15 is 0 Å². The summed E-state index contributed by atoms with van der Waals surface area (Å²) < 4.78 is 39.4. The van der Waals surface area contributed by atoms with Crippen LogP contribution in [0.4, 0.5) is 4.79 Å². The van der Waals surface area contributed by atoms with Gasteiger partial charge in [0.2, 0.25) is 0 Å². The van der Waals surface area contributed by atoms with Crippen molar-refractivity contribution in [3.05, 3.63) is 0 Å². The molecule has 1 aliphatic rings. The van der Waals surface area contributed by atoms with Gasteiger partial charge in [-0.25, -0.2) is 8.42 Å². The van der Waals surface area contributed by atoms with E-state index in [1.165, 1.54) is 6.42 Å². The van der Waals surface area contributed by atoms with Crippen LogP contribution in [0, 0.1) is 0 Å². The van der Waals surface area contributed by atoms with Gasteiger partial charge in [-0.3, -0.25) is 4.79 Å². The minimum atomic E-state index is -3.51. The molecule has 0 heterocycles. The minimum absolute atomic E-state index is 0.0125. The third-order valence-electron chi connectivity index (χ3n) is 7.65. The van der Waals surface area contributed by atoms with Crippen LogP contribution in [0.25, 0.3) is 0 Å². The molecule has 0 unspecified atom stereocenters. The van der Waals surface area contributed by atoms with E-state index in [2.05, 4.69) is 60.1 Å². The van der Waals surface area contributed by atoms with Crippen LogP contribution in [-0.2, 0) is 19.0 Å². The maximum absolute atomic E-state index is 13.9. The summed E-state index contributed by atoms with van der Waals surface area (Å²) in [5.74, 6) is -0.227. The summed E-state index contributed by atoms with van der Waals surface area (Å²) in [6.45, 7) is 19.5. The predicted octanol–water partition coefficient (Wildman–Crippen LogP) is 6.25. The van der Waals surface area contributed by atoms with Crippen LogP contribution in [0.2, 0.25) is 57.4 Å². The highest BCUT2D eigenvalue weighted by Crippen LogP contribution is 2.35. The average Bonchev–Trinajstić information content (AvgIpc) is 2.66. The largest absolute Gasteiger partial charge is 0.467 e. The van der Waals surface area contributed by atoms with Gasteiger partial charge in [0.15, 0.2) is 25.3 Å². The lowest BCUT2D eigenvalue weighted by molar-refractivity contribution is 0.0940. The van der Waals surface area contributed by atoms with Crippen LogP contribution >= 0.6 is 0 Å². The van der Waals surface area contributed by atoms with Crippen LogP contribution in [-0.4, -0.2) is 62.0 Å². The number of hydrogen-bond acceptors (Lipinski definition) is 5. The molecular formula is C21H48O5SSi4. The molecule has 0 spiro atoms. The van der Waals surface area contributed by atoms with Crippen molar-refractivity contribution in [1.29, 1.82) is 0 Å². The molecule has 0 aromatic carbocycles. The Labute approximate surface area is 195 Å². The number of sulfone groups is 1. The molecule has 1 rings (SSSR count). The second-order valence-electron chi connectivity index (χ2n) is 11.5. The Hall–Kier alpha value is 0.248. The minimum Gasteiger partial charge on any atom is -0.467 e. The number of ether oxygens (including phenoxy) is 1. The zero-order valence-electron chi connectivity index (χ0n) is 21.6. The van der Waals surface area contributed by atoms with E-state index in [9.17, 15) is 13.2 Å². The van der Waals surface area contributed by atoms with Gasteiger partial charge >= 0.3 is 0 Å². The molecule has 1 aliphatic carbocycles. The summed E-state index contributed by atoms with van der Waals surface area (Å²) in [6, 6.07) is 2.76. The van der Waals surface area contributed by atoms with E-state index in [-0.39, 0.29) is 23.0 Å². The highest BCUT2D eigenvalue weighted by molar-refractivity contribution is 7.98. The molecule has 31 heavy (non-hydrogen) atoms. The Bertz CT molecular complexity index is 665. The van der Waals surface area contributed by atoms with Gasteiger partial charge < -0.3 is 9.16 Å². The van der Waals surface area contributed by atoms with Crippen LogP contribution in [0.3, 0.4) is 0 Å². The van der Waals surface area contributed by atoms with Crippen LogP contribution in [0.1, 0.15) is 52.9 Å². The standard InChI is InChI=1S/C21H48O5SSi4/c1-10-30(11-2,12-3)25-18-27(23,24)19-31(28(4,5)6,29(7,8)9)21(22)26-20-16-14-13-15-17-20/h20H,10-19H2,1-9H3. The summed E-state index contributed by atoms with van der Waals surface area (Å²) in [7, 11) is -12.7. The van der Waals surface area contributed by atoms with Crippen molar-refractivity contribution in [1.82, 2.24) is 0 Å². The lowest BCUT2D eigenvalue weighted by Gasteiger charge is -2.47. The third kappa shape index (κ3) is 7.11. The Kier molecular flexibility index (Phi) is 10.5. The molecule has 1 fully saturated rings. The molecule has 0 saturated heterocycles. The van der Waals surface area contributed by atoms with E-state index in [4.69, 9.17) is 9.16 Å². The number of rotatable bonds is 12. The zero-order valence-corrected chi connectivity index (χ0v) is 26.4. The normalized spacial score (nSPS) is 17.6.